The summed E-state index contributed by atoms with van der Waals surface area (Å²) in [6, 6.07) is 21.0. The third kappa shape index (κ3) is 3.32. The Morgan fingerprint density at radius 2 is 1.76 bits per heavy atom. The van der Waals surface area contributed by atoms with Gasteiger partial charge in [0.25, 0.3) is 5.91 Å². The van der Waals surface area contributed by atoms with Gasteiger partial charge in [0.2, 0.25) is 5.88 Å². The maximum absolute atomic E-state index is 13.5. The SMILES string of the molecule is Cn1ncc2c1-c1ccccc1OC21CCN(C(=O)c2cccnc2Oc2ccccc2)CC1. The molecular formula is C27H24N4O3. The number of rotatable bonds is 3. The van der Waals surface area contributed by atoms with Crippen LogP contribution >= 0.6 is 0 Å². The zero-order valence-corrected chi connectivity index (χ0v) is 18.8. The van der Waals surface area contributed by atoms with Gasteiger partial charge >= 0.3 is 0 Å². The van der Waals surface area contributed by atoms with Gasteiger partial charge in [0, 0.05) is 50.3 Å². The van der Waals surface area contributed by atoms with Crippen molar-refractivity contribution in [3.8, 4) is 28.6 Å². The standard InChI is InChI=1S/C27H24N4O3/c1-30-24-20-10-5-6-12-23(20)34-27(22(24)18-29-30)13-16-31(17-14-27)26(32)21-11-7-15-28-25(21)33-19-8-3-2-4-9-19/h2-12,15,18H,13-14,16-17H2,1H3. The summed E-state index contributed by atoms with van der Waals surface area (Å²) in [4.78, 5) is 19.7. The van der Waals surface area contributed by atoms with Gasteiger partial charge in [0.05, 0.1) is 11.9 Å². The minimum absolute atomic E-state index is 0.0866. The number of para-hydroxylation sites is 2. The molecule has 2 aliphatic heterocycles. The van der Waals surface area contributed by atoms with Gasteiger partial charge < -0.3 is 14.4 Å². The van der Waals surface area contributed by atoms with Crippen LogP contribution in [0.3, 0.4) is 0 Å². The fourth-order valence-electron chi connectivity index (χ4n) is 4.95. The highest BCUT2D eigenvalue weighted by atomic mass is 16.5. The molecular weight excluding hydrogens is 428 g/mol. The van der Waals surface area contributed by atoms with E-state index in [0.29, 0.717) is 43.1 Å². The second-order valence-electron chi connectivity index (χ2n) is 8.69. The molecule has 4 heterocycles. The minimum atomic E-state index is -0.493. The number of fused-ring (bicyclic) bond motifs is 4. The van der Waals surface area contributed by atoms with E-state index in [1.165, 1.54) is 0 Å². The van der Waals surface area contributed by atoms with E-state index in [1.54, 1.807) is 18.3 Å². The average Bonchev–Trinajstić information content (AvgIpc) is 3.28. The highest BCUT2D eigenvalue weighted by molar-refractivity contribution is 5.96. The van der Waals surface area contributed by atoms with Crippen molar-refractivity contribution in [3.63, 3.8) is 0 Å². The molecule has 4 aromatic rings. The number of carbonyl (C=O) groups excluding carboxylic acids is 1. The van der Waals surface area contributed by atoms with Gasteiger partial charge in [0.1, 0.15) is 22.7 Å². The lowest BCUT2D eigenvalue weighted by atomic mass is 9.81. The molecule has 2 aromatic carbocycles. The van der Waals surface area contributed by atoms with Crippen LogP contribution in [0.2, 0.25) is 0 Å². The zero-order chi connectivity index (χ0) is 23.1. The number of aromatic nitrogens is 3. The second-order valence-corrected chi connectivity index (χ2v) is 8.69. The topological polar surface area (TPSA) is 69.5 Å². The van der Waals surface area contributed by atoms with Gasteiger partial charge in [-0.2, -0.15) is 5.10 Å². The number of ether oxygens (including phenoxy) is 2. The van der Waals surface area contributed by atoms with Gasteiger partial charge in [-0.25, -0.2) is 4.98 Å². The van der Waals surface area contributed by atoms with Crippen LogP contribution in [0.4, 0.5) is 0 Å². The van der Waals surface area contributed by atoms with Gasteiger partial charge in [0.15, 0.2) is 0 Å². The zero-order valence-electron chi connectivity index (χ0n) is 18.8. The van der Waals surface area contributed by atoms with E-state index in [-0.39, 0.29) is 5.91 Å². The largest absolute Gasteiger partial charge is 0.482 e. The van der Waals surface area contributed by atoms with E-state index >= 15 is 0 Å². The molecule has 2 aliphatic rings. The Labute approximate surface area is 197 Å². The Morgan fingerprint density at radius 3 is 2.59 bits per heavy atom. The van der Waals surface area contributed by atoms with Crippen molar-refractivity contribution >= 4 is 5.91 Å². The molecule has 6 rings (SSSR count). The number of amides is 1. The van der Waals surface area contributed by atoms with E-state index in [0.717, 1.165) is 22.6 Å². The van der Waals surface area contributed by atoms with Crippen LogP contribution in [-0.4, -0.2) is 38.7 Å². The number of pyridine rings is 1. The summed E-state index contributed by atoms with van der Waals surface area (Å²) in [5, 5.41) is 4.53. The van der Waals surface area contributed by atoms with Crippen LogP contribution in [-0.2, 0) is 12.6 Å². The summed E-state index contributed by atoms with van der Waals surface area (Å²) in [5.41, 5.74) is 3.20. The summed E-state index contributed by atoms with van der Waals surface area (Å²) < 4.78 is 14.4. The molecule has 1 fully saturated rings. The first-order chi connectivity index (χ1) is 16.6. The van der Waals surface area contributed by atoms with Crippen LogP contribution in [0.1, 0.15) is 28.8 Å². The van der Waals surface area contributed by atoms with Crippen LogP contribution < -0.4 is 9.47 Å². The van der Waals surface area contributed by atoms with E-state index in [9.17, 15) is 4.79 Å². The Balaban J connectivity index is 1.25. The molecule has 0 radical (unpaired) electrons. The minimum Gasteiger partial charge on any atom is -0.482 e. The fraction of sp³-hybridized carbons (Fsp3) is 0.222. The lowest BCUT2D eigenvalue weighted by molar-refractivity contribution is -0.00179. The molecule has 1 saturated heterocycles. The molecule has 7 nitrogen and oxygen atoms in total. The summed E-state index contributed by atoms with van der Waals surface area (Å²) in [7, 11) is 1.96. The van der Waals surface area contributed by atoms with Crippen molar-refractivity contribution in [1.29, 1.82) is 0 Å². The fourth-order valence-corrected chi connectivity index (χ4v) is 4.95. The average molecular weight is 453 g/mol. The van der Waals surface area contributed by atoms with Crippen molar-refractivity contribution < 1.29 is 14.3 Å². The molecule has 170 valence electrons. The molecule has 1 spiro atoms. The smallest absolute Gasteiger partial charge is 0.259 e. The number of hydrogen-bond acceptors (Lipinski definition) is 5. The number of carbonyl (C=O) groups is 1. The summed E-state index contributed by atoms with van der Waals surface area (Å²) in [6.07, 6.45) is 4.91. The van der Waals surface area contributed by atoms with E-state index in [2.05, 4.69) is 16.1 Å². The van der Waals surface area contributed by atoms with Crippen molar-refractivity contribution in [2.45, 2.75) is 18.4 Å². The predicted molar refractivity (Wildman–Crippen MR) is 127 cm³/mol. The summed E-state index contributed by atoms with van der Waals surface area (Å²) in [5.74, 6) is 1.74. The van der Waals surface area contributed by atoms with Crippen LogP contribution in [0, 0.1) is 0 Å². The Kier molecular flexibility index (Phi) is 4.83. The highest BCUT2D eigenvalue weighted by Gasteiger charge is 2.46. The van der Waals surface area contributed by atoms with Crippen LogP contribution in [0.5, 0.6) is 17.4 Å². The van der Waals surface area contributed by atoms with E-state index in [1.807, 2.05) is 71.4 Å². The van der Waals surface area contributed by atoms with E-state index in [4.69, 9.17) is 9.47 Å². The quantitative estimate of drug-likeness (QED) is 0.447. The number of nitrogens with zero attached hydrogens (tertiary/aromatic N) is 4. The molecule has 1 amide bonds. The molecule has 0 saturated carbocycles. The van der Waals surface area contributed by atoms with Crippen LogP contribution in [0.25, 0.3) is 11.3 Å². The van der Waals surface area contributed by atoms with Crippen molar-refractivity contribution in [3.05, 3.63) is 90.3 Å². The van der Waals surface area contributed by atoms with Gasteiger partial charge in [-0.1, -0.05) is 30.3 Å². The van der Waals surface area contributed by atoms with E-state index < -0.39 is 5.60 Å². The third-order valence-corrected chi connectivity index (χ3v) is 6.69. The van der Waals surface area contributed by atoms with Crippen molar-refractivity contribution in [2.24, 2.45) is 7.05 Å². The van der Waals surface area contributed by atoms with Crippen LogP contribution in [0.15, 0.2) is 79.1 Å². The maximum atomic E-state index is 13.5. The Morgan fingerprint density at radius 1 is 1.00 bits per heavy atom. The van der Waals surface area contributed by atoms with Crippen molar-refractivity contribution in [1.82, 2.24) is 19.7 Å². The molecule has 0 N–H and O–H groups in total. The number of benzene rings is 2. The molecule has 7 heteroatoms. The maximum Gasteiger partial charge on any atom is 0.259 e. The normalized spacial score (nSPS) is 15.9. The van der Waals surface area contributed by atoms with Gasteiger partial charge in [-0.15, -0.1) is 0 Å². The number of aryl methyl sites for hydroxylation is 1. The monoisotopic (exact) mass is 452 g/mol. The second kappa shape index (κ2) is 8.02. The molecule has 0 atom stereocenters. The number of hydrogen-bond donors (Lipinski definition) is 0. The summed E-state index contributed by atoms with van der Waals surface area (Å²) in [6.45, 7) is 1.13. The first-order valence-corrected chi connectivity index (χ1v) is 11.4. The first kappa shape index (κ1) is 20.5. The molecule has 0 aliphatic carbocycles. The van der Waals surface area contributed by atoms with Gasteiger partial charge in [-0.3, -0.25) is 9.48 Å². The molecule has 2 aromatic heterocycles. The Bertz CT molecular complexity index is 1360. The highest BCUT2D eigenvalue weighted by Crippen LogP contribution is 2.49. The molecule has 0 unspecified atom stereocenters. The molecule has 34 heavy (non-hydrogen) atoms. The summed E-state index contributed by atoms with van der Waals surface area (Å²) >= 11 is 0. The molecule has 0 bridgehead atoms. The van der Waals surface area contributed by atoms with Crippen molar-refractivity contribution in [2.75, 3.05) is 13.1 Å². The first-order valence-electron chi connectivity index (χ1n) is 11.4. The number of likely N-dealkylation sites (tertiary alicyclic amines) is 1. The Hall–Kier alpha value is -4.13. The third-order valence-electron chi connectivity index (χ3n) is 6.69. The number of piperidine rings is 1. The lowest BCUT2D eigenvalue weighted by Crippen LogP contribution is -2.49. The predicted octanol–water partition coefficient (Wildman–Crippen LogP) is 4.80. The van der Waals surface area contributed by atoms with Gasteiger partial charge in [-0.05, 0) is 36.4 Å². The lowest BCUT2D eigenvalue weighted by Gasteiger charge is -2.44.